The Morgan fingerprint density at radius 3 is 2.20 bits per heavy atom. The molecule has 0 aromatic carbocycles. The van der Waals surface area contributed by atoms with Crippen LogP contribution in [0, 0.1) is 11.3 Å². The van der Waals surface area contributed by atoms with E-state index >= 15 is 0 Å². The van der Waals surface area contributed by atoms with Gasteiger partial charge in [0.1, 0.15) is 5.41 Å². The summed E-state index contributed by atoms with van der Waals surface area (Å²) < 4.78 is 0. The molecule has 1 aliphatic heterocycles. The summed E-state index contributed by atoms with van der Waals surface area (Å²) in [5, 5.41) is 2.89. The molecule has 116 valence electrons. The van der Waals surface area contributed by atoms with Crippen molar-refractivity contribution < 1.29 is 9.59 Å². The summed E-state index contributed by atoms with van der Waals surface area (Å²) in [4.78, 5) is 28.7. The van der Waals surface area contributed by atoms with Crippen LogP contribution in [0.4, 0.5) is 0 Å². The fourth-order valence-corrected chi connectivity index (χ4v) is 2.20. The standard InChI is InChI=1S/C15H29N3O2/c1-12(2)6-7-16-13(19)15(3,4)14(20)18-10-8-17(5)9-11-18/h12H,6-11H2,1-5H3,(H,16,19). The van der Waals surface area contributed by atoms with Crippen LogP contribution in [0.15, 0.2) is 0 Å². The van der Waals surface area contributed by atoms with Gasteiger partial charge in [0.15, 0.2) is 0 Å². The molecule has 0 spiro atoms. The molecule has 0 aliphatic carbocycles. The first-order valence-electron chi connectivity index (χ1n) is 7.51. The van der Waals surface area contributed by atoms with Crippen molar-refractivity contribution in [2.24, 2.45) is 11.3 Å². The average molecular weight is 283 g/mol. The molecule has 2 amide bonds. The maximum atomic E-state index is 12.5. The molecule has 1 rings (SSSR count). The molecule has 1 saturated heterocycles. The van der Waals surface area contributed by atoms with Crippen molar-refractivity contribution in [1.82, 2.24) is 15.1 Å². The molecule has 1 fully saturated rings. The molecule has 1 aliphatic rings. The van der Waals surface area contributed by atoms with Gasteiger partial charge in [0, 0.05) is 32.7 Å². The summed E-state index contributed by atoms with van der Waals surface area (Å²) in [5.41, 5.74) is -0.979. The van der Waals surface area contributed by atoms with E-state index in [0.29, 0.717) is 25.6 Å². The van der Waals surface area contributed by atoms with Gasteiger partial charge in [-0.05, 0) is 33.2 Å². The average Bonchev–Trinajstić information content (AvgIpc) is 2.38. The number of carbonyl (C=O) groups excluding carboxylic acids is 2. The van der Waals surface area contributed by atoms with Crippen LogP contribution in [-0.2, 0) is 9.59 Å². The van der Waals surface area contributed by atoms with Gasteiger partial charge in [0.25, 0.3) is 0 Å². The van der Waals surface area contributed by atoms with Gasteiger partial charge < -0.3 is 15.1 Å². The Balaban J connectivity index is 2.53. The minimum atomic E-state index is -0.979. The Morgan fingerprint density at radius 2 is 1.70 bits per heavy atom. The van der Waals surface area contributed by atoms with Crippen LogP contribution in [0.25, 0.3) is 0 Å². The predicted octanol–water partition coefficient (Wildman–Crippen LogP) is 0.949. The molecule has 0 atom stereocenters. The van der Waals surface area contributed by atoms with E-state index in [4.69, 9.17) is 0 Å². The number of nitrogens with zero attached hydrogens (tertiary/aromatic N) is 2. The van der Waals surface area contributed by atoms with Gasteiger partial charge in [0.05, 0.1) is 0 Å². The van der Waals surface area contributed by atoms with Gasteiger partial charge in [-0.25, -0.2) is 0 Å². The molecule has 1 N–H and O–H groups in total. The lowest BCUT2D eigenvalue weighted by Crippen LogP contribution is -2.54. The van der Waals surface area contributed by atoms with E-state index in [2.05, 4.69) is 24.1 Å². The molecule has 0 aromatic heterocycles. The fraction of sp³-hybridized carbons (Fsp3) is 0.867. The highest BCUT2D eigenvalue weighted by Crippen LogP contribution is 2.20. The third-order valence-electron chi connectivity index (χ3n) is 3.90. The second-order valence-corrected chi connectivity index (χ2v) is 6.66. The van der Waals surface area contributed by atoms with E-state index in [1.54, 1.807) is 13.8 Å². The molecule has 5 nitrogen and oxygen atoms in total. The third-order valence-corrected chi connectivity index (χ3v) is 3.90. The number of hydrogen-bond acceptors (Lipinski definition) is 3. The normalized spacial score (nSPS) is 17.4. The summed E-state index contributed by atoms with van der Waals surface area (Å²) in [7, 11) is 2.05. The van der Waals surface area contributed by atoms with Gasteiger partial charge in [0.2, 0.25) is 11.8 Å². The van der Waals surface area contributed by atoms with Crippen LogP contribution in [0.2, 0.25) is 0 Å². The number of carbonyl (C=O) groups is 2. The second-order valence-electron chi connectivity index (χ2n) is 6.66. The summed E-state index contributed by atoms with van der Waals surface area (Å²) >= 11 is 0. The third kappa shape index (κ3) is 4.47. The van der Waals surface area contributed by atoms with Gasteiger partial charge in [-0.15, -0.1) is 0 Å². The number of hydrogen-bond donors (Lipinski definition) is 1. The van der Waals surface area contributed by atoms with Gasteiger partial charge in [-0.3, -0.25) is 9.59 Å². The van der Waals surface area contributed by atoms with Crippen LogP contribution in [0.1, 0.15) is 34.1 Å². The summed E-state index contributed by atoms with van der Waals surface area (Å²) in [6.07, 6.45) is 0.935. The molecular weight excluding hydrogens is 254 g/mol. The molecule has 0 aromatic rings. The SMILES string of the molecule is CC(C)CCNC(=O)C(C)(C)C(=O)N1CCN(C)CC1. The molecule has 0 saturated carbocycles. The van der Waals surface area contributed by atoms with E-state index in [9.17, 15) is 9.59 Å². The number of amides is 2. The summed E-state index contributed by atoms with van der Waals surface area (Å²) in [6.45, 7) is 11.5. The van der Waals surface area contributed by atoms with E-state index in [1.807, 2.05) is 11.9 Å². The van der Waals surface area contributed by atoms with Crippen molar-refractivity contribution in [1.29, 1.82) is 0 Å². The first-order valence-corrected chi connectivity index (χ1v) is 7.51. The van der Waals surface area contributed by atoms with E-state index in [-0.39, 0.29) is 11.8 Å². The van der Waals surface area contributed by atoms with Crippen molar-refractivity contribution in [3.05, 3.63) is 0 Å². The largest absolute Gasteiger partial charge is 0.355 e. The Hall–Kier alpha value is -1.10. The van der Waals surface area contributed by atoms with Gasteiger partial charge in [-0.2, -0.15) is 0 Å². The first-order chi connectivity index (χ1) is 9.25. The highest BCUT2D eigenvalue weighted by Gasteiger charge is 2.39. The zero-order valence-corrected chi connectivity index (χ0v) is 13.5. The molecule has 5 heteroatoms. The van der Waals surface area contributed by atoms with Crippen molar-refractivity contribution in [2.45, 2.75) is 34.1 Å². The maximum absolute atomic E-state index is 12.5. The minimum Gasteiger partial charge on any atom is -0.355 e. The first kappa shape index (κ1) is 17.0. The van der Waals surface area contributed by atoms with Crippen LogP contribution >= 0.6 is 0 Å². The Morgan fingerprint density at radius 1 is 1.15 bits per heavy atom. The van der Waals surface area contributed by atoms with Crippen LogP contribution in [0.3, 0.4) is 0 Å². The molecule has 0 bridgehead atoms. The van der Waals surface area contributed by atoms with Crippen LogP contribution in [0.5, 0.6) is 0 Å². The smallest absolute Gasteiger partial charge is 0.237 e. The summed E-state index contributed by atoms with van der Waals surface area (Å²) in [5.74, 6) is 0.321. The second kappa shape index (κ2) is 7.07. The van der Waals surface area contributed by atoms with E-state index < -0.39 is 5.41 Å². The molecular formula is C15H29N3O2. The molecule has 20 heavy (non-hydrogen) atoms. The maximum Gasteiger partial charge on any atom is 0.237 e. The van der Waals surface area contributed by atoms with Crippen molar-refractivity contribution in [3.8, 4) is 0 Å². The molecule has 1 heterocycles. The highest BCUT2D eigenvalue weighted by atomic mass is 16.2. The Labute approximate surface area is 122 Å². The number of likely N-dealkylation sites (N-methyl/N-ethyl adjacent to an activating group) is 1. The summed E-state index contributed by atoms with van der Waals surface area (Å²) in [6, 6.07) is 0. The fourth-order valence-electron chi connectivity index (χ4n) is 2.20. The van der Waals surface area contributed by atoms with Crippen LogP contribution < -0.4 is 5.32 Å². The number of rotatable bonds is 5. The molecule has 0 unspecified atom stereocenters. The quantitative estimate of drug-likeness (QED) is 0.764. The van der Waals surface area contributed by atoms with Crippen molar-refractivity contribution in [2.75, 3.05) is 39.8 Å². The number of piperazine rings is 1. The lowest BCUT2D eigenvalue weighted by molar-refractivity contribution is -0.149. The monoisotopic (exact) mass is 283 g/mol. The predicted molar refractivity (Wildman–Crippen MR) is 80.3 cm³/mol. The van der Waals surface area contributed by atoms with Gasteiger partial charge >= 0.3 is 0 Å². The zero-order valence-electron chi connectivity index (χ0n) is 13.5. The topological polar surface area (TPSA) is 52.7 Å². The van der Waals surface area contributed by atoms with Crippen LogP contribution in [-0.4, -0.2) is 61.4 Å². The lowest BCUT2D eigenvalue weighted by Gasteiger charge is -2.36. The molecule has 0 radical (unpaired) electrons. The van der Waals surface area contributed by atoms with E-state index in [1.165, 1.54) is 0 Å². The minimum absolute atomic E-state index is 0.0624. The Kier molecular flexibility index (Phi) is 5.99. The van der Waals surface area contributed by atoms with Gasteiger partial charge in [-0.1, -0.05) is 13.8 Å². The highest BCUT2D eigenvalue weighted by molar-refractivity contribution is 6.04. The van der Waals surface area contributed by atoms with Crippen molar-refractivity contribution in [3.63, 3.8) is 0 Å². The zero-order chi connectivity index (χ0) is 15.3. The van der Waals surface area contributed by atoms with E-state index in [0.717, 1.165) is 19.5 Å². The Bertz CT molecular complexity index is 345. The van der Waals surface area contributed by atoms with Crippen molar-refractivity contribution >= 4 is 11.8 Å². The lowest BCUT2D eigenvalue weighted by atomic mass is 9.90. The number of nitrogens with one attached hydrogen (secondary N) is 1.